The zero-order valence-electron chi connectivity index (χ0n) is 14.0. The van der Waals surface area contributed by atoms with Gasteiger partial charge in [0.25, 0.3) is 0 Å². The van der Waals surface area contributed by atoms with Gasteiger partial charge in [0.05, 0.1) is 19.2 Å². The second-order valence-corrected chi connectivity index (χ2v) is 7.92. The van der Waals surface area contributed by atoms with Crippen molar-refractivity contribution in [3.63, 3.8) is 0 Å². The maximum atomic E-state index is 11.4. The van der Waals surface area contributed by atoms with Crippen LogP contribution >= 0.6 is 39.0 Å². The van der Waals surface area contributed by atoms with Gasteiger partial charge in [0.2, 0.25) is 5.16 Å². The van der Waals surface area contributed by atoms with Crippen LogP contribution in [0, 0.1) is 0 Å². The van der Waals surface area contributed by atoms with E-state index in [9.17, 15) is 4.79 Å². The fraction of sp³-hybridized carbons (Fsp3) is 0.267. The van der Waals surface area contributed by atoms with Crippen molar-refractivity contribution in [1.29, 1.82) is 0 Å². The molecule has 3 heterocycles. The van der Waals surface area contributed by atoms with Gasteiger partial charge in [0, 0.05) is 20.4 Å². The van der Waals surface area contributed by atoms with Crippen LogP contribution in [0.2, 0.25) is 0 Å². The summed E-state index contributed by atoms with van der Waals surface area (Å²) in [4.78, 5) is 13.8. The normalized spacial score (nSPS) is 11.3. The molecule has 0 atom stereocenters. The highest BCUT2D eigenvalue weighted by molar-refractivity contribution is 9.10. The minimum Gasteiger partial charge on any atom is -0.464 e. The lowest BCUT2D eigenvalue weighted by molar-refractivity contribution is 0.0593. The third kappa shape index (κ3) is 4.40. The fourth-order valence-electron chi connectivity index (χ4n) is 2.01. The molecule has 0 aliphatic carbocycles. The number of rotatable bonds is 7. The molecule has 0 spiro atoms. The van der Waals surface area contributed by atoms with E-state index in [4.69, 9.17) is 0 Å². The zero-order chi connectivity index (χ0) is 18.5. The van der Waals surface area contributed by atoms with Gasteiger partial charge in [-0.05, 0) is 34.5 Å². The van der Waals surface area contributed by atoms with E-state index in [0.29, 0.717) is 11.0 Å². The van der Waals surface area contributed by atoms with E-state index >= 15 is 0 Å². The molecular formula is C15H15BrN6O2S2. The number of ether oxygens (including phenoxy) is 1. The minimum atomic E-state index is -0.463. The van der Waals surface area contributed by atoms with Gasteiger partial charge in [-0.15, -0.1) is 21.5 Å². The molecule has 0 saturated carbocycles. The van der Waals surface area contributed by atoms with Crippen molar-refractivity contribution in [2.24, 2.45) is 5.10 Å². The Hall–Kier alpha value is -1.98. The molecule has 11 heteroatoms. The number of halogens is 1. The van der Waals surface area contributed by atoms with Crippen molar-refractivity contribution in [2.75, 3.05) is 7.11 Å². The van der Waals surface area contributed by atoms with Crippen molar-refractivity contribution in [3.05, 3.63) is 44.6 Å². The number of thioether (sulfide) groups is 1. The quantitative estimate of drug-likeness (QED) is 0.309. The molecule has 0 unspecified atom stereocenters. The predicted octanol–water partition coefficient (Wildman–Crippen LogP) is 3.28. The second kappa shape index (κ2) is 8.60. The Bertz CT molecular complexity index is 932. The first kappa shape index (κ1) is 18.8. The van der Waals surface area contributed by atoms with Crippen molar-refractivity contribution in [3.8, 4) is 0 Å². The van der Waals surface area contributed by atoms with Crippen LogP contribution in [-0.2, 0) is 17.0 Å². The summed E-state index contributed by atoms with van der Waals surface area (Å²) in [5.41, 5.74) is 0.266. The molecule has 0 saturated heterocycles. The number of thiophene rings is 1. The summed E-state index contributed by atoms with van der Waals surface area (Å²) in [6.07, 6.45) is 6.01. The second-order valence-electron chi connectivity index (χ2n) is 4.98. The Morgan fingerprint density at radius 2 is 2.38 bits per heavy atom. The Morgan fingerprint density at radius 3 is 3.12 bits per heavy atom. The van der Waals surface area contributed by atoms with Gasteiger partial charge in [-0.1, -0.05) is 18.7 Å². The van der Waals surface area contributed by atoms with Gasteiger partial charge >= 0.3 is 5.97 Å². The van der Waals surface area contributed by atoms with Crippen molar-refractivity contribution in [1.82, 2.24) is 24.7 Å². The first-order valence-corrected chi connectivity index (χ1v) is 10.2. The SMILES string of the molecule is CCc1sc(/C=N/n2cnnc2SCn2ccc(C(=O)OC)n2)cc1Br. The monoisotopic (exact) mass is 454 g/mol. The summed E-state index contributed by atoms with van der Waals surface area (Å²) in [5.74, 6) is 0.00510. The Kier molecular flexibility index (Phi) is 6.22. The number of hydrogen-bond acceptors (Lipinski definition) is 8. The molecule has 0 aromatic carbocycles. The molecule has 136 valence electrons. The van der Waals surface area contributed by atoms with Crippen LogP contribution in [-0.4, -0.2) is 43.9 Å². The van der Waals surface area contributed by atoms with E-state index in [1.807, 2.05) is 6.07 Å². The van der Waals surface area contributed by atoms with Gasteiger partial charge in [0.1, 0.15) is 6.33 Å². The molecule has 0 amide bonds. The van der Waals surface area contributed by atoms with Gasteiger partial charge in [-0.25, -0.2) is 4.79 Å². The molecule has 8 nitrogen and oxygen atoms in total. The number of carbonyl (C=O) groups is 1. The predicted molar refractivity (Wildman–Crippen MR) is 104 cm³/mol. The van der Waals surface area contributed by atoms with Gasteiger partial charge < -0.3 is 4.74 Å². The lowest BCUT2D eigenvalue weighted by Crippen LogP contribution is -2.04. The molecular weight excluding hydrogens is 440 g/mol. The van der Waals surface area contributed by atoms with E-state index in [0.717, 1.165) is 15.8 Å². The molecule has 0 fully saturated rings. The Balaban J connectivity index is 1.65. The summed E-state index contributed by atoms with van der Waals surface area (Å²) in [6, 6.07) is 3.65. The first-order chi connectivity index (χ1) is 12.6. The Labute approximate surface area is 166 Å². The van der Waals surface area contributed by atoms with E-state index in [1.165, 1.54) is 23.7 Å². The summed E-state index contributed by atoms with van der Waals surface area (Å²) in [7, 11) is 1.33. The maximum Gasteiger partial charge on any atom is 0.358 e. The van der Waals surface area contributed by atoms with Crippen LogP contribution in [0.5, 0.6) is 0 Å². The number of aryl methyl sites for hydroxylation is 1. The lowest BCUT2D eigenvalue weighted by atomic mass is 10.4. The van der Waals surface area contributed by atoms with Crippen molar-refractivity contribution >= 4 is 51.2 Å². The van der Waals surface area contributed by atoms with Gasteiger partial charge in [0.15, 0.2) is 5.69 Å². The summed E-state index contributed by atoms with van der Waals surface area (Å²) in [6.45, 7) is 2.12. The fourth-order valence-corrected chi connectivity index (χ4v) is 4.52. The van der Waals surface area contributed by atoms with E-state index in [-0.39, 0.29) is 5.69 Å². The number of aromatic nitrogens is 5. The number of nitrogens with zero attached hydrogens (tertiary/aromatic N) is 6. The number of hydrogen-bond donors (Lipinski definition) is 0. The highest BCUT2D eigenvalue weighted by Crippen LogP contribution is 2.27. The highest BCUT2D eigenvalue weighted by atomic mass is 79.9. The third-order valence-electron chi connectivity index (χ3n) is 3.27. The van der Waals surface area contributed by atoms with Crippen LogP contribution < -0.4 is 0 Å². The van der Waals surface area contributed by atoms with Crippen LogP contribution in [0.15, 0.2) is 39.4 Å². The maximum absolute atomic E-state index is 11.4. The number of esters is 1. The average molecular weight is 455 g/mol. The zero-order valence-corrected chi connectivity index (χ0v) is 17.2. The molecule has 0 bridgehead atoms. The van der Waals surface area contributed by atoms with Crippen LogP contribution in [0.1, 0.15) is 27.2 Å². The molecule has 0 aliphatic rings. The number of methoxy groups -OCH3 is 1. The van der Waals surface area contributed by atoms with Crippen molar-refractivity contribution < 1.29 is 9.53 Å². The third-order valence-corrected chi connectivity index (χ3v) is 6.37. The first-order valence-electron chi connectivity index (χ1n) is 7.58. The van der Waals surface area contributed by atoms with Gasteiger partial charge in [-0.2, -0.15) is 14.9 Å². The Morgan fingerprint density at radius 1 is 1.54 bits per heavy atom. The summed E-state index contributed by atoms with van der Waals surface area (Å²) < 4.78 is 8.98. The van der Waals surface area contributed by atoms with E-state index < -0.39 is 5.97 Å². The van der Waals surface area contributed by atoms with E-state index in [2.05, 4.69) is 48.0 Å². The van der Waals surface area contributed by atoms with Crippen molar-refractivity contribution in [2.45, 2.75) is 24.4 Å². The molecule has 0 N–H and O–H groups in total. The molecule has 26 heavy (non-hydrogen) atoms. The highest BCUT2D eigenvalue weighted by Gasteiger charge is 2.10. The minimum absolute atomic E-state index is 0.266. The lowest BCUT2D eigenvalue weighted by Gasteiger charge is -2.01. The average Bonchev–Trinajstić information content (AvgIpc) is 3.37. The van der Waals surface area contributed by atoms with Crippen LogP contribution in [0.3, 0.4) is 0 Å². The summed E-state index contributed by atoms with van der Waals surface area (Å²) in [5, 5.41) is 17.2. The topological polar surface area (TPSA) is 87.2 Å². The van der Waals surface area contributed by atoms with Gasteiger partial charge in [-0.3, -0.25) is 4.68 Å². The molecule has 0 radical (unpaired) electrons. The van der Waals surface area contributed by atoms with Crippen LogP contribution in [0.4, 0.5) is 0 Å². The molecule has 3 aromatic heterocycles. The standard InChI is InChI=1S/C15H15BrN6O2S2/c1-3-13-11(16)6-10(26-13)7-18-22-8-17-19-15(22)25-9-21-5-4-12(20-21)14(23)24-2/h4-8H,3,9H2,1-2H3/b18-7+. The van der Waals surface area contributed by atoms with Crippen LogP contribution in [0.25, 0.3) is 0 Å². The number of carbonyl (C=O) groups excluding carboxylic acids is 1. The smallest absolute Gasteiger partial charge is 0.358 e. The largest absolute Gasteiger partial charge is 0.464 e. The van der Waals surface area contributed by atoms with E-state index in [1.54, 1.807) is 45.5 Å². The molecule has 0 aliphatic heterocycles. The molecule has 3 aromatic rings. The summed E-state index contributed by atoms with van der Waals surface area (Å²) >= 11 is 6.64. The molecule has 3 rings (SSSR count).